The van der Waals surface area contributed by atoms with Crippen LogP contribution >= 0.6 is 0 Å². The zero-order chi connectivity index (χ0) is 19.1. The molecule has 2 aromatic heterocycles. The summed E-state index contributed by atoms with van der Waals surface area (Å²) in [6.07, 6.45) is 0.824. The first kappa shape index (κ1) is 17.4. The fourth-order valence-corrected chi connectivity index (χ4v) is 3.44. The molecular weight excluding hydrogens is 353 g/mol. The third kappa shape index (κ3) is 3.13. The summed E-state index contributed by atoms with van der Waals surface area (Å²) < 4.78 is 18.6. The van der Waals surface area contributed by atoms with Crippen LogP contribution in [0.2, 0.25) is 0 Å². The molecule has 142 valence electrons. The molecule has 9 heteroatoms. The second-order valence-corrected chi connectivity index (χ2v) is 6.87. The zero-order valence-corrected chi connectivity index (χ0v) is 15.2. The first-order chi connectivity index (χ1) is 12.9. The van der Waals surface area contributed by atoms with Gasteiger partial charge in [-0.25, -0.2) is 9.37 Å². The summed E-state index contributed by atoms with van der Waals surface area (Å²) in [5, 5.41) is 6.89. The van der Waals surface area contributed by atoms with Crippen molar-refractivity contribution < 1.29 is 18.5 Å². The van der Waals surface area contributed by atoms with Gasteiger partial charge in [-0.3, -0.25) is 9.59 Å². The van der Waals surface area contributed by atoms with Crippen LogP contribution in [0.25, 0.3) is 0 Å². The van der Waals surface area contributed by atoms with E-state index < -0.39 is 6.17 Å². The minimum Gasteiger partial charge on any atom is -0.361 e. The molecule has 2 aromatic rings. The van der Waals surface area contributed by atoms with Crippen LogP contribution in [0, 0.1) is 13.8 Å². The molecule has 0 radical (unpaired) electrons. The molecule has 1 atom stereocenters. The van der Waals surface area contributed by atoms with Crippen LogP contribution in [0.4, 0.5) is 15.9 Å². The number of hydrogen-bond donors (Lipinski definition) is 1. The number of carbonyl (C=O) groups excluding carboxylic acids is 2. The quantitative estimate of drug-likeness (QED) is 0.883. The van der Waals surface area contributed by atoms with Crippen molar-refractivity contribution >= 4 is 23.3 Å². The molecule has 2 aliphatic rings. The Morgan fingerprint density at radius 1 is 1.44 bits per heavy atom. The molecule has 4 rings (SSSR count). The van der Waals surface area contributed by atoms with E-state index in [1.807, 2.05) is 6.92 Å². The van der Waals surface area contributed by atoms with Gasteiger partial charge in [-0.15, -0.1) is 0 Å². The van der Waals surface area contributed by atoms with Crippen LogP contribution in [-0.2, 0) is 11.3 Å². The fourth-order valence-electron chi connectivity index (χ4n) is 3.44. The smallest absolute Gasteiger partial charge is 0.255 e. The number of hydrogen-bond acceptors (Lipinski definition) is 6. The number of likely N-dealkylation sites (tertiary alicyclic amines) is 1. The highest BCUT2D eigenvalue weighted by atomic mass is 19.1. The Kier molecular flexibility index (Phi) is 4.29. The van der Waals surface area contributed by atoms with E-state index in [1.165, 1.54) is 11.1 Å². The van der Waals surface area contributed by atoms with E-state index in [0.29, 0.717) is 41.5 Å². The van der Waals surface area contributed by atoms with Crippen molar-refractivity contribution in [2.75, 3.05) is 29.9 Å². The number of anilines is 2. The largest absolute Gasteiger partial charge is 0.361 e. The number of nitrogens with zero attached hydrogens (tertiary/aromatic N) is 4. The summed E-state index contributed by atoms with van der Waals surface area (Å²) in [5.74, 6) is 0.758. The molecule has 0 bridgehead atoms. The van der Waals surface area contributed by atoms with Gasteiger partial charge in [-0.05, 0) is 26.3 Å². The Labute approximate surface area is 155 Å². The standard InChI is InChI=1S/C18H20FN5O3/c1-10-14(11(2)27-22-10)9-24-15-5-12(6-20-17(15)21-7-16(24)25)18(26)23-4-3-13(19)8-23/h5-6,13H,3-4,7-9H2,1-2H3,(H,20,21)/t13-/m0/s1. The number of nitrogens with one attached hydrogen (secondary N) is 1. The van der Waals surface area contributed by atoms with Crippen molar-refractivity contribution in [3.05, 3.63) is 34.8 Å². The fraction of sp³-hybridized carbons (Fsp3) is 0.444. The van der Waals surface area contributed by atoms with E-state index in [9.17, 15) is 14.0 Å². The number of amides is 2. The van der Waals surface area contributed by atoms with Gasteiger partial charge in [-0.1, -0.05) is 5.16 Å². The highest BCUT2D eigenvalue weighted by Crippen LogP contribution is 2.31. The summed E-state index contributed by atoms with van der Waals surface area (Å²) >= 11 is 0. The lowest BCUT2D eigenvalue weighted by atomic mass is 10.1. The van der Waals surface area contributed by atoms with Gasteiger partial charge in [0.25, 0.3) is 5.91 Å². The Morgan fingerprint density at radius 2 is 2.26 bits per heavy atom. The second-order valence-electron chi connectivity index (χ2n) is 6.87. The SMILES string of the molecule is Cc1noc(C)c1CN1C(=O)CNc2ncc(C(=O)N3CC[C@H](F)C3)cc21. The molecule has 2 amide bonds. The summed E-state index contributed by atoms with van der Waals surface area (Å²) in [4.78, 5) is 32.5. The van der Waals surface area contributed by atoms with Crippen molar-refractivity contribution in [2.24, 2.45) is 0 Å². The number of carbonyl (C=O) groups is 2. The number of halogens is 1. The average molecular weight is 373 g/mol. The highest BCUT2D eigenvalue weighted by Gasteiger charge is 2.30. The van der Waals surface area contributed by atoms with Gasteiger partial charge >= 0.3 is 0 Å². The molecule has 0 spiro atoms. The highest BCUT2D eigenvalue weighted by molar-refractivity contribution is 6.04. The normalized spacial score (nSPS) is 19.2. The van der Waals surface area contributed by atoms with Crippen LogP contribution in [0.1, 0.15) is 33.8 Å². The van der Waals surface area contributed by atoms with E-state index in [-0.39, 0.29) is 31.4 Å². The van der Waals surface area contributed by atoms with Crippen molar-refractivity contribution in [1.29, 1.82) is 0 Å². The van der Waals surface area contributed by atoms with Crippen molar-refractivity contribution in [3.63, 3.8) is 0 Å². The lowest BCUT2D eigenvalue weighted by Gasteiger charge is -2.30. The first-order valence-corrected chi connectivity index (χ1v) is 8.83. The van der Waals surface area contributed by atoms with Crippen molar-refractivity contribution in [1.82, 2.24) is 15.0 Å². The van der Waals surface area contributed by atoms with Crippen LogP contribution in [-0.4, -0.2) is 52.7 Å². The molecule has 8 nitrogen and oxygen atoms in total. The number of fused-ring (bicyclic) bond motifs is 1. The van der Waals surface area contributed by atoms with E-state index in [1.54, 1.807) is 17.9 Å². The topological polar surface area (TPSA) is 91.6 Å². The molecule has 0 unspecified atom stereocenters. The Morgan fingerprint density at radius 3 is 2.93 bits per heavy atom. The van der Waals surface area contributed by atoms with E-state index >= 15 is 0 Å². The van der Waals surface area contributed by atoms with Crippen LogP contribution < -0.4 is 10.2 Å². The molecule has 0 aliphatic carbocycles. The average Bonchev–Trinajstić information content (AvgIpc) is 3.23. The predicted octanol–water partition coefficient (Wildman–Crippen LogP) is 1.83. The number of alkyl halides is 1. The van der Waals surface area contributed by atoms with Crippen LogP contribution in [0.5, 0.6) is 0 Å². The lowest BCUT2D eigenvalue weighted by Crippen LogP contribution is -2.40. The monoisotopic (exact) mass is 373 g/mol. The first-order valence-electron chi connectivity index (χ1n) is 8.83. The third-order valence-electron chi connectivity index (χ3n) is 5.03. The second kappa shape index (κ2) is 6.64. The minimum atomic E-state index is -0.987. The Bertz CT molecular complexity index is 893. The number of aryl methyl sites for hydroxylation is 2. The number of aromatic nitrogens is 2. The molecular formula is C18H20FN5O3. The molecule has 4 heterocycles. The van der Waals surface area contributed by atoms with E-state index in [2.05, 4.69) is 15.5 Å². The van der Waals surface area contributed by atoms with Crippen molar-refractivity contribution in [3.8, 4) is 0 Å². The van der Waals surface area contributed by atoms with E-state index in [4.69, 9.17) is 4.52 Å². The number of pyridine rings is 1. The molecule has 1 fully saturated rings. The lowest BCUT2D eigenvalue weighted by molar-refractivity contribution is -0.117. The van der Waals surface area contributed by atoms with Gasteiger partial charge in [0.05, 0.1) is 36.6 Å². The molecule has 1 saturated heterocycles. The number of rotatable bonds is 3. The zero-order valence-electron chi connectivity index (χ0n) is 15.2. The summed E-state index contributed by atoms with van der Waals surface area (Å²) in [6.45, 7) is 4.49. The maximum absolute atomic E-state index is 13.4. The summed E-state index contributed by atoms with van der Waals surface area (Å²) in [7, 11) is 0. The minimum absolute atomic E-state index is 0.0931. The molecule has 2 aliphatic heterocycles. The molecule has 27 heavy (non-hydrogen) atoms. The molecule has 1 N–H and O–H groups in total. The van der Waals surface area contributed by atoms with E-state index in [0.717, 1.165) is 5.56 Å². The Hall–Kier alpha value is -2.97. The summed E-state index contributed by atoms with van der Waals surface area (Å²) in [5.41, 5.74) is 2.40. The molecule has 0 saturated carbocycles. The van der Waals surface area contributed by atoms with Crippen LogP contribution in [0.3, 0.4) is 0 Å². The van der Waals surface area contributed by atoms with Gasteiger partial charge in [-0.2, -0.15) is 0 Å². The van der Waals surface area contributed by atoms with Gasteiger partial charge in [0, 0.05) is 18.3 Å². The Balaban J connectivity index is 1.66. The van der Waals surface area contributed by atoms with Gasteiger partial charge in [0.2, 0.25) is 5.91 Å². The summed E-state index contributed by atoms with van der Waals surface area (Å²) in [6, 6.07) is 1.64. The van der Waals surface area contributed by atoms with Gasteiger partial charge in [0.15, 0.2) is 5.82 Å². The third-order valence-corrected chi connectivity index (χ3v) is 5.03. The maximum Gasteiger partial charge on any atom is 0.255 e. The predicted molar refractivity (Wildman–Crippen MR) is 95.3 cm³/mol. The van der Waals surface area contributed by atoms with Gasteiger partial charge < -0.3 is 19.6 Å². The van der Waals surface area contributed by atoms with Crippen LogP contribution in [0.15, 0.2) is 16.8 Å². The van der Waals surface area contributed by atoms with Crippen molar-refractivity contribution in [2.45, 2.75) is 33.0 Å². The van der Waals surface area contributed by atoms with Gasteiger partial charge in [0.1, 0.15) is 11.9 Å². The maximum atomic E-state index is 13.4. The molecule has 0 aromatic carbocycles.